The first-order valence-corrected chi connectivity index (χ1v) is 8.61. The average molecular weight is 321 g/mol. The third kappa shape index (κ3) is 4.94. The maximum Gasteiger partial charge on any atom is 0.317 e. The second kappa shape index (κ2) is 8.31. The van der Waals surface area contributed by atoms with Crippen LogP contribution < -0.4 is 5.32 Å². The van der Waals surface area contributed by atoms with Crippen LogP contribution in [0.25, 0.3) is 0 Å². The highest BCUT2D eigenvalue weighted by Gasteiger charge is 2.24. The number of urea groups is 1. The number of hydrogen-bond acceptors (Lipinski definition) is 4. The predicted octanol–water partition coefficient (Wildman–Crippen LogP) is 0.637. The highest BCUT2D eigenvalue weighted by molar-refractivity contribution is 5.74. The lowest BCUT2D eigenvalue weighted by atomic mass is 10.1. The van der Waals surface area contributed by atoms with E-state index in [0.29, 0.717) is 12.5 Å². The zero-order valence-corrected chi connectivity index (χ0v) is 13.7. The number of aryl methyl sites for hydroxylation is 1. The van der Waals surface area contributed by atoms with E-state index in [1.165, 1.54) is 6.42 Å². The molecular weight excluding hydrogens is 294 g/mol. The summed E-state index contributed by atoms with van der Waals surface area (Å²) in [4.78, 5) is 16.5. The normalized spacial score (nSPS) is 22.4. The van der Waals surface area contributed by atoms with Crippen LogP contribution in [0.5, 0.6) is 0 Å². The van der Waals surface area contributed by atoms with Gasteiger partial charge in [0.05, 0.1) is 6.61 Å². The molecule has 2 saturated heterocycles. The van der Waals surface area contributed by atoms with E-state index < -0.39 is 0 Å². The number of carbonyl (C=O) groups excluding carboxylic acids is 1. The molecule has 2 aliphatic rings. The van der Waals surface area contributed by atoms with Crippen LogP contribution in [0, 0.1) is 5.92 Å². The number of aromatic nitrogens is 2. The molecule has 128 valence electrons. The number of piperazine rings is 1. The first-order chi connectivity index (χ1) is 11.3. The van der Waals surface area contributed by atoms with Crippen LogP contribution in [-0.4, -0.2) is 78.1 Å². The second-order valence-electron chi connectivity index (χ2n) is 6.37. The van der Waals surface area contributed by atoms with Crippen molar-refractivity contribution in [3.8, 4) is 0 Å². The zero-order chi connectivity index (χ0) is 15.9. The smallest absolute Gasteiger partial charge is 0.317 e. The molecule has 2 fully saturated rings. The molecule has 23 heavy (non-hydrogen) atoms. The molecule has 2 aliphatic heterocycles. The molecule has 1 aromatic heterocycles. The van der Waals surface area contributed by atoms with Crippen molar-refractivity contribution < 1.29 is 9.53 Å². The fourth-order valence-electron chi connectivity index (χ4n) is 3.21. The maximum absolute atomic E-state index is 12.2. The molecular formula is C16H27N5O2. The van der Waals surface area contributed by atoms with Crippen molar-refractivity contribution >= 4 is 6.03 Å². The molecule has 0 spiro atoms. The molecule has 2 amide bonds. The largest absolute Gasteiger partial charge is 0.381 e. The molecule has 7 nitrogen and oxygen atoms in total. The second-order valence-corrected chi connectivity index (χ2v) is 6.37. The quantitative estimate of drug-likeness (QED) is 0.781. The van der Waals surface area contributed by atoms with E-state index in [-0.39, 0.29) is 6.03 Å². The number of nitrogens with one attached hydrogen (secondary N) is 1. The van der Waals surface area contributed by atoms with Gasteiger partial charge in [-0.1, -0.05) is 0 Å². The SMILES string of the molecule is O=C(NCCCn1cccn1)N1CCN(CC2CCOC2)CC1. The Balaban J connectivity index is 1.28. The molecule has 0 radical (unpaired) electrons. The van der Waals surface area contributed by atoms with Crippen molar-refractivity contribution in [2.24, 2.45) is 5.92 Å². The number of nitrogens with zero attached hydrogens (tertiary/aromatic N) is 4. The molecule has 1 N–H and O–H groups in total. The number of ether oxygens (including phenoxy) is 1. The molecule has 3 heterocycles. The van der Waals surface area contributed by atoms with Gasteiger partial charge in [0.2, 0.25) is 0 Å². The highest BCUT2D eigenvalue weighted by Crippen LogP contribution is 2.15. The van der Waals surface area contributed by atoms with Crippen LogP contribution in [-0.2, 0) is 11.3 Å². The fourth-order valence-corrected chi connectivity index (χ4v) is 3.21. The summed E-state index contributed by atoms with van der Waals surface area (Å²) < 4.78 is 7.32. The summed E-state index contributed by atoms with van der Waals surface area (Å²) in [5.41, 5.74) is 0. The van der Waals surface area contributed by atoms with Gasteiger partial charge in [0.1, 0.15) is 0 Å². The van der Waals surface area contributed by atoms with Crippen molar-refractivity contribution in [2.45, 2.75) is 19.4 Å². The summed E-state index contributed by atoms with van der Waals surface area (Å²) >= 11 is 0. The topological polar surface area (TPSA) is 62.6 Å². The molecule has 7 heteroatoms. The summed E-state index contributed by atoms with van der Waals surface area (Å²) in [6.07, 6.45) is 5.79. The summed E-state index contributed by atoms with van der Waals surface area (Å²) in [6, 6.07) is 1.98. The number of amides is 2. The molecule has 0 bridgehead atoms. The van der Waals surface area contributed by atoms with Gasteiger partial charge >= 0.3 is 6.03 Å². The number of rotatable bonds is 6. The van der Waals surface area contributed by atoms with Gasteiger partial charge in [-0.15, -0.1) is 0 Å². The van der Waals surface area contributed by atoms with Gasteiger partial charge in [0.15, 0.2) is 0 Å². The van der Waals surface area contributed by atoms with Gasteiger partial charge in [-0.3, -0.25) is 9.58 Å². The minimum absolute atomic E-state index is 0.0642. The van der Waals surface area contributed by atoms with Gasteiger partial charge in [-0.25, -0.2) is 4.79 Å². The number of carbonyl (C=O) groups is 1. The monoisotopic (exact) mass is 321 g/mol. The van der Waals surface area contributed by atoms with E-state index in [4.69, 9.17) is 4.74 Å². The van der Waals surface area contributed by atoms with Crippen molar-refractivity contribution in [1.29, 1.82) is 0 Å². The molecule has 0 aromatic carbocycles. The van der Waals surface area contributed by atoms with Gasteiger partial charge in [0, 0.05) is 64.8 Å². The molecule has 0 saturated carbocycles. The minimum atomic E-state index is 0.0642. The lowest BCUT2D eigenvalue weighted by molar-refractivity contribution is 0.120. The summed E-state index contributed by atoms with van der Waals surface area (Å²) in [5.74, 6) is 0.678. The Morgan fingerprint density at radius 2 is 2.17 bits per heavy atom. The predicted molar refractivity (Wildman–Crippen MR) is 87.2 cm³/mol. The first kappa shape index (κ1) is 16.3. The van der Waals surface area contributed by atoms with Gasteiger partial charge in [0.25, 0.3) is 0 Å². The molecule has 1 aromatic rings. The van der Waals surface area contributed by atoms with Crippen molar-refractivity contribution in [2.75, 3.05) is 52.5 Å². The lowest BCUT2D eigenvalue weighted by Crippen LogP contribution is -2.52. The summed E-state index contributed by atoms with van der Waals surface area (Å²) in [6.45, 7) is 8.02. The Morgan fingerprint density at radius 1 is 1.30 bits per heavy atom. The highest BCUT2D eigenvalue weighted by atomic mass is 16.5. The summed E-state index contributed by atoms with van der Waals surface area (Å²) in [7, 11) is 0. The van der Waals surface area contributed by atoms with Crippen LogP contribution in [0.4, 0.5) is 4.79 Å². The molecule has 1 unspecified atom stereocenters. The third-order valence-corrected chi connectivity index (χ3v) is 4.60. The van der Waals surface area contributed by atoms with Crippen LogP contribution in [0.15, 0.2) is 18.5 Å². The Labute approximate surface area is 137 Å². The van der Waals surface area contributed by atoms with Crippen molar-refractivity contribution in [3.63, 3.8) is 0 Å². The first-order valence-electron chi connectivity index (χ1n) is 8.61. The van der Waals surface area contributed by atoms with Crippen LogP contribution in [0.1, 0.15) is 12.8 Å². The van der Waals surface area contributed by atoms with Crippen LogP contribution in [0.2, 0.25) is 0 Å². The summed E-state index contributed by atoms with van der Waals surface area (Å²) in [5, 5.41) is 7.16. The standard InChI is InChI=1S/C16H27N5O2/c22-16(17-4-1-6-21-7-2-5-18-21)20-10-8-19(9-11-20)13-15-3-12-23-14-15/h2,5,7,15H,1,3-4,6,8-14H2,(H,17,22). The average Bonchev–Trinajstić information content (AvgIpc) is 3.26. The van der Waals surface area contributed by atoms with E-state index in [9.17, 15) is 4.79 Å². The fraction of sp³-hybridized carbons (Fsp3) is 0.750. The van der Waals surface area contributed by atoms with Gasteiger partial charge in [-0.05, 0) is 24.8 Å². The van der Waals surface area contributed by atoms with E-state index >= 15 is 0 Å². The Kier molecular flexibility index (Phi) is 5.87. The molecule has 1 atom stereocenters. The maximum atomic E-state index is 12.2. The molecule has 3 rings (SSSR count). The number of hydrogen-bond donors (Lipinski definition) is 1. The van der Waals surface area contributed by atoms with Crippen LogP contribution >= 0.6 is 0 Å². The molecule has 0 aliphatic carbocycles. The Hall–Kier alpha value is -1.60. The lowest BCUT2D eigenvalue weighted by Gasteiger charge is -2.35. The zero-order valence-electron chi connectivity index (χ0n) is 13.7. The Bertz CT molecular complexity index is 465. The van der Waals surface area contributed by atoms with E-state index in [2.05, 4.69) is 15.3 Å². The minimum Gasteiger partial charge on any atom is -0.381 e. The Morgan fingerprint density at radius 3 is 2.87 bits per heavy atom. The van der Waals surface area contributed by atoms with E-state index in [1.54, 1.807) is 6.20 Å². The van der Waals surface area contributed by atoms with Gasteiger partial charge in [-0.2, -0.15) is 5.10 Å². The van der Waals surface area contributed by atoms with Crippen molar-refractivity contribution in [1.82, 2.24) is 24.9 Å². The van der Waals surface area contributed by atoms with Crippen molar-refractivity contribution in [3.05, 3.63) is 18.5 Å². The van der Waals surface area contributed by atoms with Crippen LogP contribution in [0.3, 0.4) is 0 Å². The van der Waals surface area contributed by atoms with E-state index in [1.807, 2.05) is 21.8 Å². The van der Waals surface area contributed by atoms with E-state index in [0.717, 1.165) is 58.9 Å². The third-order valence-electron chi connectivity index (χ3n) is 4.60. The van der Waals surface area contributed by atoms with Gasteiger partial charge < -0.3 is 15.0 Å².